The molecule has 1 aromatic heterocycles. The van der Waals surface area contributed by atoms with Crippen molar-refractivity contribution in [3.63, 3.8) is 0 Å². The van der Waals surface area contributed by atoms with E-state index in [1.165, 1.54) is 0 Å². The molecule has 0 spiro atoms. The van der Waals surface area contributed by atoms with E-state index in [1.807, 2.05) is 73.7 Å². The molecule has 152 valence electrons. The molecule has 0 atom stereocenters. The summed E-state index contributed by atoms with van der Waals surface area (Å²) in [6, 6.07) is 27.6. The maximum absolute atomic E-state index is 10.3. The Balaban J connectivity index is 1.78. The predicted octanol–water partition coefficient (Wildman–Crippen LogP) is 7.28. The first-order chi connectivity index (χ1) is 15.1. The predicted molar refractivity (Wildman–Crippen MR) is 122 cm³/mol. The van der Waals surface area contributed by atoms with Crippen LogP contribution < -0.4 is 4.74 Å². The summed E-state index contributed by atoms with van der Waals surface area (Å²) < 4.78 is 12.5. The first kappa shape index (κ1) is 18.8. The number of fused-ring (bicyclic) bond motifs is 1. The first-order valence-corrected chi connectivity index (χ1v) is 9.98. The topological polar surface area (TPSA) is 62.8 Å². The van der Waals surface area contributed by atoms with E-state index in [9.17, 15) is 10.2 Å². The molecule has 1 heterocycles. The first-order valence-electron chi connectivity index (χ1n) is 9.98. The number of phenolic OH excluding ortho intramolecular Hbond substituents is 2. The fraction of sp³-hybridized carbons (Fsp3) is 0.0370. The number of hydrogen-bond acceptors (Lipinski definition) is 4. The van der Waals surface area contributed by atoms with Crippen molar-refractivity contribution in [3.8, 4) is 45.4 Å². The Morgan fingerprint density at radius 2 is 1.45 bits per heavy atom. The molecule has 4 aromatic carbocycles. The molecule has 0 aliphatic carbocycles. The van der Waals surface area contributed by atoms with E-state index < -0.39 is 0 Å². The molecule has 5 aromatic rings. The van der Waals surface area contributed by atoms with Gasteiger partial charge in [-0.1, -0.05) is 36.4 Å². The van der Waals surface area contributed by atoms with Gasteiger partial charge in [-0.3, -0.25) is 0 Å². The highest BCUT2D eigenvalue weighted by Gasteiger charge is 2.22. The molecule has 0 amide bonds. The fourth-order valence-corrected chi connectivity index (χ4v) is 3.81. The number of hydrogen-bond donors (Lipinski definition) is 2. The van der Waals surface area contributed by atoms with E-state index in [1.54, 1.807) is 24.3 Å². The number of aromatic hydroxyl groups is 2. The summed E-state index contributed by atoms with van der Waals surface area (Å²) in [6.07, 6.45) is 0. The largest absolute Gasteiger partial charge is 0.508 e. The standard InChI is InChI=1S/C27H20O4/c1-17-15-20(29)16-23-25(27(31-26(17)23)18-11-13-19(28)14-12-18)22-9-5-6-10-24(22)30-21-7-3-2-4-8-21/h2-16,28-29H,1H3. The van der Waals surface area contributed by atoms with Crippen molar-refractivity contribution < 1.29 is 19.4 Å². The monoisotopic (exact) mass is 408 g/mol. The molecule has 0 aliphatic heterocycles. The van der Waals surface area contributed by atoms with Crippen LogP contribution in [-0.2, 0) is 0 Å². The molecule has 5 rings (SSSR count). The molecule has 0 bridgehead atoms. The smallest absolute Gasteiger partial charge is 0.143 e. The summed E-state index contributed by atoms with van der Waals surface area (Å²) in [5.41, 5.74) is 4.02. The molecule has 0 fully saturated rings. The van der Waals surface area contributed by atoms with Crippen molar-refractivity contribution in [2.75, 3.05) is 0 Å². The zero-order valence-electron chi connectivity index (χ0n) is 16.9. The lowest BCUT2D eigenvalue weighted by molar-refractivity contribution is 0.474. The molecule has 4 heteroatoms. The van der Waals surface area contributed by atoms with Crippen LogP contribution >= 0.6 is 0 Å². The second-order valence-corrected chi connectivity index (χ2v) is 7.40. The van der Waals surface area contributed by atoms with Crippen LogP contribution in [0.5, 0.6) is 23.0 Å². The number of para-hydroxylation sites is 2. The van der Waals surface area contributed by atoms with Crippen LogP contribution in [0, 0.1) is 6.92 Å². The Morgan fingerprint density at radius 1 is 0.742 bits per heavy atom. The third-order valence-electron chi connectivity index (χ3n) is 5.22. The summed E-state index contributed by atoms with van der Waals surface area (Å²) in [6.45, 7) is 1.91. The van der Waals surface area contributed by atoms with Gasteiger partial charge < -0.3 is 19.4 Å². The Morgan fingerprint density at radius 3 is 2.23 bits per heavy atom. The van der Waals surface area contributed by atoms with Crippen LogP contribution in [0.15, 0.2) is 95.4 Å². The molecule has 31 heavy (non-hydrogen) atoms. The van der Waals surface area contributed by atoms with Gasteiger partial charge in [0.2, 0.25) is 0 Å². The van der Waals surface area contributed by atoms with Crippen molar-refractivity contribution in [1.29, 1.82) is 0 Å². The van der Waals surface area contributed by atoms with Gasteiger partial charge in [-0.25, -0.2) is 0 Å². The lowest BCUT2D eigenvalue weighted by Crippen LogP contribution is -1.89. The van der Waals surface area contributed by atoms with Crippen LogP contribution in [0.1, 0.15) is 5.56 Å². The van der Waals surface area contributed by atoms with E-state index in [4.69, 9.17) is 9.15 Å². The van der Waals surface area contributed by atoms with Gasteiger partial charge in [0.25, 0.3) is 0 Å². The molecule has 0 saturated heterocycles. The second kappa shape index (κ2) is 7.58. The van der Waals surface area contributed by atoms with Gasteiger partial charge in [0.05, 0.1) is 0 Å². The summed E-state index contributed by atoms with van der Waals surface area (Å²) in [4.78, 5) is 0. The van der Waals surface area contributed by atoms with Crippen LogP contribution in [0.3, 0.4) is 0 Å². The Kier molecular flexibility index (Phi) is 4.60. The van der Waals surface area contributed by atoms with E-state index >= 15 is 0 Å². The van der Waals surface area contributed by atoms with Gasteiger partial charge in [0.15, 0.2) is 0 Å². The second-order valence-electron chi connectivity index (χ2n) is 7.40. The van der Waals surface area contributed by atoms with Crippen molar-refractivity contribution in [2.24, 2.45) is 0 Å². The molecule has 0 saturated carbocycles. The Bertz CT molecular complexity index is 1370. The molecule has 0 unspecified atom stereocenters. The number of rotatable bonds is 4. The van der Waals surface area contributed by atoms with Gasteiger partial charge in [-0.15, -0.1) is 0 Å². The highest BCUT2D eigenvalue weighted by atomic mass is 16.5. The van der Waals surface area contributed by atoms with Gasteiger partial charge in [-0.05, 0) is 67.1 Å². The quantitative estimate of drug-likeness (QED) is 0.328. The van der Waals surface area contributed by atoms with Gasteiger partial charge >= 0.3 is 0 Å². The minimum absolute atomic E-state index is 0.172. The minimum Gasteiger partial charge on any atom is -0.508 e. The highest BCUT2D eigenvalue weighted by molar-refractivity contribution is 6.04. The molecule has 0 radical (unpaired) electrons. The summed E-state index contributed by atoms with van der Waals surface area (Å²) in [5, 5.41) is 20.8. The molecular weight excluding hydrogens is 388 g/mol. The normalized spacial score (nSPS) is 11.0. The van der Waals surface area contributed by atoms with Crippen molar-refractivity contribution in [2.45, 2.75) is 6.92 Å². The van der Waals surface area contributed by atoms with Gasteiger partial charge in [-0.2, -0.15) is 0 Å². The minimum atomic E-state index is 0.172. The number of phenols is 2. The van der Waals surface area contributed by atoms with Crippen LogP contribution in [0.2, 0.25) is 0 Å². The highest BCUT2D eigenvalue weighted by Crippen LogP contribution is 2.46. The van der Waals surface area contributed by atoms with Crippen LogP contribution in [0.4, 0.5) is 0 Å². The van der Waals surface area contributed by atoms with Gasteiger partial charge in [0, 0.05) is 22.1 Å². The van der Waals surface area contributed by atoms with Crippen LogP contribution in [0.25, 0.3) is 33.4 Å². The van der Waals surface area contributed by atoms with E-state index in [0.717, 1.165) is 33.4 Å². The zero-order chi connectivity index (χ0) is 21.4. The maximum Gasteiger partial charge on any atom is 0.143 e. The van der Waals surface area contributed by atoms with Gasteiger partial charge in [0.1, 0.15) is 34.3 Å². The summed E-state index contributed by atoms with van der Waals surface area (Å²) in [5.74, 6) is 2.41. The number of aryl methyl sites for hydroxylation is 1. The molecular formula is C27H20O4. The molecule has 4 nitrogen and oxygen atoms in total. The van der Waals surface area contributed by atoms with E-state index in [2.05, 4.69) is 0 Å². The summed E-state index contributed by atoms with van der Waals surface area (Å²) >= 11 is 0. The van der Waals surface area contributed by atoms with Crippen molar-refractivity contribution in [1.82, 2.24) is 0 Å². The summed E-state index contributed by atoms with van der Waals surface area (Å²) in [7, 11) is 0. The Labute approximate surface area is 179 Å². The van der Waals surface area contributed by atoms with Crippen molar-refractivity contribution >= 4 is 11.0 Å². The average molecular weight is 408 g/mol. The van der Waals surface area contributed by atoms with E-state index in [0.29, 0.717) is 17.1 Å². The zero-order valence-corrected chi connectivity index (χ0v) is 16.9. The third kappa shape index (κ3) is 3.49. The fourth-order valence-electron chi connectivity index (χ4n) is 3.81. The molecule has 0 aliphatic rings. The lowest BCUT2D eigenvalue weighted by Gasteiger charge is -2.12. The van der Waals surface area contributed by atoms with E-state index in [-0.39, 0.29) is 11.5 Å². The number of benzene rings is 4. The van der Waals surface area contributed by atoms with Crippen molar-refractivity contribution in [3.05, 3.63) is 96.6 Å². The van der Waals surface area contributed by atoms with Crippen LogP contribution in [-0.4, -0.2) is 10.2 Å². The number of ether oxygens (including phenoxy) is 1. The SMILES string of the molecule is Cc1cc(O)cc2c(-c3ccccc3Oc3ccccc3)c(-c3ccc(O)cc3)oc12. The lowest BCUT2D eigenvalue weighted by atomic mass is 9.97. The average Bonchev–Trinajstić information content (AvgIpc) is 3.15. The third-order valence-corrected chi connectivity index (χ3v) is 5.22. The molecule has 2 N–H and O–H groups in total. The maximum atomic E-state index is 10.3. The Hall–Kier alpha value is -4.18. The number of furan rings is 1.